The molecule has 0 spiro atoms. The van der Waals surface area contributed by atoms with E-state index in [1.165, 1.54) is 7.11 Å². The van der Waals surface area contributed by atoms with E-state index in [1.54, 1.807) is 6.34 Å². The molecule has 1 aliphatic rings. The summed E-state index contributed by atoms with van der Waals surface area (Å²) in [7, 11) is 1.40. The molecule has 0 saturated heterocycles. The molecular weight excluding hydrogens is 156 g/mol. The Labute approximate surface area is 72.0 Å². The number of methoxy groups -OCH3 is 1. The lowest BCUT2D eigenvalue weighted by Gasteiger charge is -2.24. The summed E-state index contributed by atoms with van der Waals surface area (Å²) in [4.78, 5) is 15.3. The summed E-state index contributed by atoms with van der Waals surface area (Å²) in [5, 5.41) is 2.96. The van der Waals surface area contributed by atoms with Crippen molar-refractivity contribution in [1.29, 1.82) is 0 Å². The Balaban J connectivity index is 2.66. The smallest absolute Gasteiger partial charge is 0.333 e. The standard InChI is InChI=1S/C8H14N2O2/c1-3-4-8(7(11)12-2)5-9-6-10-8/h6H,3-5H2,1-2H3,(H,9,10). The number of hydrogen-bond donors (Lipinski definition) is 1. The van der Waals surface area contributed by atoms with Crippen LogP contribution in [0.2, 0.25) is 0 Å². The monoisotopic (exact) mass is 170 g/mol. The maximum absolute atomic E-state index is 11.4. The van der Waals surface area contributed by atoms with E-state index in [4.69, 9.17) is 4.74 Å². The van der Waals surface area contributed by atoms with Gasteiger partial charge in [-0.3, -0.25) is 4.99 Å². The molecule has 1 aliphatic heterocycles. The zero-order valence-corrected chi connectivity index (χ0v) is 7.46. The quantitative estimate of drug-likeness (QED) is 0.621. The molecule has 0 aromatic rings. The molecule has 1 atom stereocenters. The number of esters is 1. The zero-order chi connectivity index (χ0) is 9.03. The molecule has 4 nitrogen and oxygen atoms in total. The van der Waals surface area contributed by atoms with Crippen molar-refractivity contribution >= 4 is 12.3 Å². The molecule has 68 valence electrons. The molecule has 0 fully saturated rings. The van der Waals surface area contributed by atoms with Crippen LogP contribution in [-0.2, 0) is 9.53 Å². The first-order valence-corrected chi connectivity index (χ1v) is 4.09. The largest absolute Gasteiger partial charge is 0.467 e. The van der Waals surface area contributed by atoms with Gasteiger partial charge in [-0.15, -0.1) is 0 Å². The molecule has 1 N–H and O–H groups in total. The number of carbonyl (C=O) groups excluding carboxylic acids is 1. The van der Waals surface area contributed by atoms with Crippen molar-refractivity contribution in [1.82, 2.24) is 5.32 Å². The van der Waals surface area contributed by atoms with Gasteiger partial charge < -0.3 is 10.1 Å². The molecule has 0 aromatic heterocycles. The summed E-state index contributed by atoms with van der Waals surface area (Å²) in [6.45, 7) is 2.53. The Morgan fingerprint density at radius 1 is 1.83 bits per heavy atom. The second-order valence-corrected chi connectivity index (χ2v) is 2.94. The Morgan fingerprint density at radius 3 is 3.00 bits per heavy atom. The minimum Gasteiger partial charge on any atom is -0.467 e. The van der Waals surface area contributed by atoms with Crippen LogP contribution in [0.3, 0.4) is 0 Å². The minimum atomic E-state index is -0.580. The molecule has 0 radical (unpaired) electrons. The Hall–Kier alpha value is -1.06. The van der Waals surface area contributed by atoms with Crippen LogP contribution in [0.5, 0.6) is 0 Å². The van der Waals surface area contributed by atoms with Gasteiger partial charge in [0.25, 0.3) is 0 Å². The highest BCUT2D eigenvalue weighted by Gasteiger charge is 2.40. The fraction of sp³-hybridized carbons (Fsp3) is 0.750. The Kier molecular flexibility index (Phi) is 2.68. The Bertz CT molecular complexity index is 193. The van der Waals surface area contributed by atoms with E-state index >= 15 is 0 Å². The number of nitrogens with one attached hydrogen (secondary N) is 1. The van der Waals surface area contributed by atoms with Crippen molar-refractivity contribution in [2.75, 3.05) is 13.7 Å². The van der Waals surface area contributed by atoms with Crippen LogP contribution in [0, 0.1) is 0 Å². The third kappa shape index (κ3) is 1.42. The molecule has 0 aromatic carbocycles. The van der Waals surface area contributed by atoms with E-state index in [9.17, 15) is 4.79 Å². The van der Waals surface area contributed by atoms with E-state index in [0.29, 0.717) is 6.54 Å². The van der Waals surface area contributed by atoms with Gasteiger partial charge in [-0.05, 0) is 6.42 Å². The van der Waals surface area contributed by atoms with Gasteiger partial charge in [0.2, 0.25) is 0 Å². The van der Waals surface area contributed by atoms with E-state index in [2.05, 4.69) is 10.3 Å². The molecule has 0 aliphatic carbocycles. The lowest BCUT2D eigenvalue weighted by Crippen LogP contribution is -2.51. The lowest BCUT2D eigenvalue weighted by atomic mass is 9.95. The van der Waals surface area contributed by atoms with Crippen molar-refractivity contribution in [3.05, 3.63) is 0 Å². The van der Waals surface area contributed by atoms with Gasteiger partial charge >= 0.3 is 5.97 Å². The molecule has 4 heteroatoms. The first-order valence-electron chi connectivity index (χ1n) is 4.09. The number of nitrogens with zero attached hydrogens (tertiary/aromatic N) is 1. The maximum Gasteiger partial charge on any atom is 0.333 e. The van der Waals surface area contributed by atoms with E-state index < -0.39 is 5.54 Å². The molecule has 0 bridgehead atoms. The van der Waals surface area contributed by atoms with E-state index in [1.807, 2.05) is 6.92 Å². The van der Waals surface area contributed by atoms with Crippen LogP contribution < -0.4 is 5.32 Å². The topological polar surface area (TPSA) is 50.7 Å². The van der Waals surface area contributed by atoms with Crippen LogP contribution in [0.25, 0.3) is 0 Å². The highest BCUT2D eigenvalue weighted by atomic mass is 16.5. The summed E-state index contributed by atoms with van der Waals surface area (Å²) in [5.41, 5.74) is -0.580. The van der Waals surface area contributed by atoms with Crippen LogP contribution in [0.4, 0.5) is 0 Å². The third-order valence-corrected chi connectivity index (χ3v) is 2.05. The predicted octanol–water partition coefficient (Wildman–Crippen LogP) is 0.330. The first kappa shape index (κ1) is 9.03. The van der Waals surface area contributed by atoms with Crippen molar-refractivity contribution in [2.24, 2.45) is 4.99 Å². The Morgan fingerprint density at radius 2 is 2.58 bits per heavy atom. The van der Waals surface area contributed by atoms with Crippen molar-refractivity contribution in [3.8, 4) is 0 Å². The molecular formula is C8H14N2O2. The summed E-state index contributed by atoms with van der Waals surface area (Å²) in [6.07, 6.45) is 3.28. The number of rotatable bonds is 3. The number of aliphatic imine (C=N–C) groups is 1. The highest BCUT2D eigenvalue weighted by molar-refractivity contribution is 5.86. The minimum absolute atomic E-state index is 0.221. The molecule has 12 heavy (non-hydrogen) atoms. The van der Waals surface area contributed by atoms with Crippen molar-refractivity contribution in [2.45, 2.75) is 25.3 Å². The number of hydrogen-bond acceptors (Lipinski definition) is 4. The third-order valence-electron chi connectivity index (χ3n) is 2.05. The van der Waals surface area contributed by atoms with E-state index in [0.717, 1.165) is 12.8 Å². The molecule has 1 heterocycles. The zero-order valence-electron chi connectivity index (χ0n) is 7.46. The van der Waals surface area contributed by atoms with Gasteiger partial charge in [-0.1, -0.05) is 13.3 Å². The average molecular weight is 170 g/mol. The second-order valence-electron chi connectivity index (χ2n) is 2.94. The summed E-state index contributed by atoms with van der Waals surface area (Å²) < 4.78 is 4.71. The number of ether oxygens (including phenoxy) is 1. The summed E-state index contributed by atoms with van der Waals surface area (Å²) in [6, 6.07) is 0. The van der Waals surface area contributed by atoms with Crippen LogP contribution in [-0.4, -0.2) is 31.5 Å². The fourth-order valence-electron chi connectivity index (χ4n) is 1.42. The van der Waals surface area contributed by atoms with Gasteiger partial charge in [0.05, 0.1) is 20.0 Å². The molecule has 1 rings (SSSR count). The van der Waals surface area contributed by atoms with E-state index in [-0.39, 0.29) is 5.97 Å². The SMILES string of the molecule is CCCC1(C(=O)OC)CN=CN1. The summed E-state index contributed by atoms with van der Waals surface area (Å²) >= 11 is 0. The van der Waals surface area contributed by atoms with Gasteiger partial charge in [-0.25, -0.2) is 4.79 Å². The second kappa shape index (κ2) is 3.56. The maximum atomic E-state index is 11.4. The predicted molar refractivity (Wildman–Crippen MR) is 46.1 cm³/mol. The van der Waals surface area contributed by atoms with Crippen LogP contribution >= 0.6 is 0 Å². The normalized spacial score (nSPS) is 26.8. The van der Waals surface area contributed by atoms with Gasteiger partial charge in [-0.2, -0.15) is 0 Å². The molecule has 0 amide bonds. The summed E-state index contributed by atoms with van der Waals surface area (Å²) in [5.74, 6) is -0.221. The number of carbonyl (C=O) groups is 1. The van der Waals surface area contributed by atoms with Crippen molar-refractivity contribution in [3.63, 3.8) is 0 Å². The highest BCUT2D eigenvalue weighted by Crippen LogP contribution is 2.17. The average Bonchev–Trinajstić information content (AvgIpc) is 2.53. The van der Waals surface area contributed by atoms with Gasteiger partial charge in [0, 0.05) is 0 Å². The molecule has 0 saturated carbocycles. The first-order chi connectivity index (χ1) is 5.75. The fourth-order valence-corrected chi connectivity index (χ4v) is 1.42. The lowest BCUT2D eigenvalue weighted by molar-refractivity contribution is -0.147. The van der Waals surface area contributed by atoms with Crippen LogP contribution in [0.1, 0.15) is 19.8 Å². The van der Waals surface area contributed by atoms with Crippen LogP contribution in [0.15, 0.2) is 4.99 Å². The van der Waals surface area contributed by atoms with Crippen molar-refractivity contribution < 1.29 is 9.53 Å². The van der Waals surface area contributed by atoms with Gasteiger partial charge in [0.1, 0.15) is 0 Å². The van der Waals surface area contributed by atoms with Gasteiger partial charge in [0.15, 0.2) is 5.54 Å². The molecule has 1 unspecified atom stereocenters.